The van der Waals surface area contributed by atoms with Crippen molar-refractivity contribution in [2.75, 3.05) is 10.6 Å². The van der Waals surface area contributed by atoms with Crippen molar-refractivity contribution in [3.05, 3.63) is 41.7 Å². The molecule has 8 nitrogen and oxygen atoms in total. The Morgan fingerprint density at radius 1 is 1.29 bits per heavy atom. The lowest BCUT2D eigenvalue weighted by Crippen LogP contribution is -2.29. The normalized spacial score (nSPS) is 15.0. The Labute approximate surface area is 163 Å². The van der Waals surface area contributed by atoms with Gasteiger partial charge >= 0.3 is 0 Å². The van der Waals surface area contributed by atoms with Crippen LogP contribution in [-0.2, 0) is 14.4 Å². The molecular weight excluding hydrogens is 360 g/mol. The predicted molar refractivity (Wildman–Crippen MR) is 105 cm³/mol. The molecule has 0 radical (unpaired) electrons. The maximum absolute atomic E-state index is 12.3. The second kappa shape index (κ2) is 8.69. The molecule has 1 fully saturated rings. The summed E-state index contributed by atoms with van der Waals surface area (Å²) in [5.41, 5.74) is 2.22. The van der Waals surface area contributed by atoms with Gasteiger partial charge in [0.2, 0.25) is 12.0 Å². The molecule has 0 spiro atoms. The predicted octanol–water partition coefficient (Wildman–Crippen LogP) is 3.49. The van der Waals surface area contributed by atoms with Crippen molar-refractivity contribution in [1.29, 1.82) is 0 Å². The Hall–Kier alpha value is -3.16. The van der Waals surface area contributed by atoms with Gasteiger partial charge in [-0.3, -0.25) is 9.59 Å². The molecule has 1 aromatic carbocycles. The molecular formula is C20H24N4O4. The molecule has 0 bridgehead atoms. The minimum absolute atomic E-state index is 0.0700. The molecule has 1 atom stereocenters. The van der Waals surface area contributed by atoms with Crippen LogP contribution in [0.5, 0.6) is 0 Å². The summed E-state index contributed by atoms with van der Waals surface area (Å²) >= 11 is 0. The Morgan fingerprint density at radius 2 is 2.00 bits per heavy atom. The topological polar surface area (TPSA) is 106 Å². The highest BCUT2D eigenvalue weighted by atomic mass is 16.6. The van der Waals surface area contributed by atoms with Gasteiger partial charge in [0, 0.05) is 17.7 Å². The monoisotopic (exact) mass is 384 g/mol. The van der Waals surface area contributed by atoms with E-state index in [9.17, 15) is 9.59 Å². The van der Waals surface area contributed by atoms with Crippen molar-refractivity contribution in [3.8, 4) is 0 Å². The molecule has 148 valence electrons. The standard InChI is InChI=1S/C20H24N4O4/c1-4-17(20(26)22-18-11-12(2)27-24-18)28-23-13(3)14-7-9-16(10-8-14)21-19(25)15-5-6-15/h7-11,15,17H,4-6H2,1-3H3,(H,21,25)(H,22,24,26)/b23-13+. The number of carbonyl (C=O) groups excluding carboxylic acids is 2. The van der Waals surface area contributed by atoms with Crippen molar-refractivity contribution < 1.29 is 18.9 Å². The summed E-state index contributed by atoms with van der Waals surface area (Å²) in [6.45, 7) is 5.37. The van der Waals surface area contributed by atoms with Crippen molar-refractivity contribution in [2.45, 2.75) is 46.1 Å². The zero-order valence-electron chi connectivity index (χ0n) is 16.2. The van der Waals surface area contributed by atoms with E-state index in [1.165, 1.54) is 0 Å². The lowest BCUT2D eigenvalue weighted by molar-refractivity contribution is -0.127. The lowest BCUT2D eigenvalue weighted by Gasteiger charge is -2.12. The van der Waals surface area contributed by atoms with Crippen LogP contribution in [0.25, 0.3) is 0 Å². The number of benzene rings is 1. The van der Waals surface area contributed by atoms with Crippen LogP contribution in [0, 0.1) is 12.8 Å². The number of oxime groups is 1. The van der Waals surface area contributed by atoms with E-state index in [1.807, 2.05) is 31.2 Å². The van der Waals surface area contributed by atoms with E-state index >= 15 is 0 Å². The second-order valence-corrected chi connectivity index (χ2v) is 6.83. The maximum atomic E-state index is 12.3. The number of anilines is 2. The Balaban J connectivity index is 1.56. The third-order valence-electron chi connectivity index (χ3n) is 4.38. The molecule has 1 aliphatic rings. The second-order valence-electron chi connectivity index (χ2n) is 6.83. The number of hydrogen-bond acceptors (Lipinski definition) is 6. The highest BCUT2D eigenvalue weighted by Gasteiger charge is 2.29. The van der Waals surface area contributed by atoms with E-state index in [1.54, 1.807) is 19.9 Å². The fourth-order valence-electron chi connectivity index (χ4n) is 2.52. The van der Waals surface area contributed by atoms with E-state index in [0.29, 0.717) is 23.7 Å². The minimum atomic E-state index is -0.746. The number of carbonyl (C=O) groups is 2. The number of amides is 2. The molecule has 1 unspecified atom stereocenters. The molecule has 2 N–H and O–H groups in total. The van der Waals surface area contributed by atoms with E-state index in [2.05, 4.69) is 20.9 Å². The molecule has 28 heavy (non-hydrogen) atoms. The minimum Gasteiger partial charge on any atom is -0.382 e. The summed E-state index contributed by atoms with van der Waals surface area (Å²) in [6.07, 6.45) is 1.64. The van der Waals surface area contributed by atoms with Crippen molar-refractivity contribution in [2.24, 2.45) is 11.1 Å². The summed E-state index contributed by atoms with van der Waals surface area (Å²) in [7, 11) is 0. The molecule has 0 saturated heterocycles. The maximum Gasteiger partial charge on any atom is 0.269 e. The third kappa shape index (κ3) is 5.18. The number of aromatic nitrogens is 1. The number of nitrogens with zero attached hydrogens (tertiary/aromatic N) is 2. The zero-order chi connectivity index (χ0) is 20.1. The van der Waals surface area contributed by atoms with Crippen molar-refractivity contribution >= 4 is 29.0 Å². The summed E-state index contributed by atoms with van der Waals surface area (Å²) < 4.78 is 4.93. The molecule has 3 rings (SSSR count). The summed E-state index contributed by atoms with van der Waals surface area (Å²) in [5.74, 6) is 0.838. The van der Waals surface area contributed by atoms with Crippen LogP contribution in [0.2, 0.25) is 0 Å². The highest BCUT2D eigenvalue weighted by Crippen LogP contribution is 2.30. The first-order chi connectivity index (χ1) is 13.5. The van der Waals surface area contributed by atoms with Crippen LogP contribution in [-0.4, -0.2) is 28.8 Å². The van der Waals surface area contributed by atoms with Gasteiger partial charge in [-0.25, -0.2) is 0 Å². The summed E-state index contributed by atoms with van der Waals surface area (Å²) in [6, 6.07) is 8.98. The fraction of sp³-hybridized carbons (Fsp3) is 0.400. The van der Waals surface area contributed by atoms with Crippen LogP contribution >= 0.6 is 0 Å². The van der Waals surface area contributed by atoms with E-state index in [0.717, 1.165) is 24.1 Å². The molecule has 8 heteroatoms. The average Bonchev–Trinajstić information content (AvgIpc) is 3.46. The van der Waals surface area contributed by atoms with Gasteiger partial charge in [-0.15, -0.1) is 0 Å². The molecule has 0 aliphatic heterocycles. The first-order valence-corrected chi connectivity index (χ1v) is 9.32. The van der Waals surface area contributed by atoms with E-state index in [-0.39, 0.29) is 17.7 Å². The molecule has 1 heterocycles. The molecule has 1 aromatic heterocycles. The van der Waals surface area contributed by atoms with Gasteiger partial charge < -0.3 is 20.0 Å². The largest absolute Gasteiger partial charge is 0.382 e. The smallest absolute Gasteiger partial charge is 0.269 e. The third-order valence-corrected chi connectivity index (χ3v) is 4.38. The number of rotatable bonds is 8. The van der Waals surface area contributed by atoms with E-state index < -0.39 is 6.10 Å². The Kier molecular flexibility index (Phi) is 6.08. The van der Waals surface area contributed by atoms with Crippen LogP contribution in [0.15, 0.2) is 40.0 Å². The first-order valence-electron chi connectivity index (χ1n) is 9.32. The van der Waals surface area contributed by atoms with Crippen LogP contribution in [0.1, 0.15) is 44.4 Å². The first kappa shape index (κ1) is 19.6. The van der Waals surface area contributed by atoms with Crippen molar-refractivity contribution in [1.82, 2.24) is 5.16 Å². The van der Waals surface area contributed by atoms with Gasteiger partial charge in [0.15, 0.2) is 5.82 Å². The van der Waals surface area contributed by atoms with Crippen LogP contribution in [0.3, 0.4) is 0 Å². The molecule has 2 aromatic rings. The molecule has 1 aliphatic carbocycles. The van der Waals surface area contributed by atoms with Crippen LogP contribution in [0.4, 0.5) is 11.5 Å². The summed E-state index contributed by atoms with van der Waals surface area (Å²) in [4.78, 5) is 29.5. The fourth-order valence-corrected chi connectivity index (χ4v) is 2.52. The van der Waals surface area contributed by atoms with Gasteiger partial charge in [0.05, 0.1) is 5.71 Å². The molecule has 1 saturated carbocycles. The number of nitrogens with one attached hydrogen (secondary N) is 2. The van der Waals surface area contributed by atoms with Gasteiger partial charge in [-0.2, -0.15) is 0 Å². The van der Waals surface area contributed by atoms with E-state index in [4.69, 9.17) is 9.36 Å². The lowest BCUT2D eigenvalue weighted by atomic mass is 10.1. The average molecular weight is 384 g/mol. The van der Waals surface area contributed by atoms with Gasteiger partial charge in [-0.1, -0.05) is 29.4 Å². The van der Waals surface area contributed by atoms with Gasteiger partial charge in [-0.05, 0) is 50.8 Å². The summed E-state index contributed by atoms with van der Waals surface area (Å²) in [5, 5.41) is 13.3. The quantitative estimate of drug-likeness (QED) is 0.535. The van der Waals surface area contributed by atoms with Crippen LogP contribution < -0.4 is 10.6 Å². The van der Waals surface area contributed by atoms with Gasteiger partial charge in [0.25, 0.3) is 5.91 Å². The Bertz CT molecular complexity index is 869. The number of aryl methyl sites for hydroxylation is 1. The highest BCUT2D eigenvalue weighted by molar-refractivity contribution is 5.99. The van der Waals surface area contributed by atoms with Gasteiger partial charge in [0.1, 0.15) is 5.76 Å². The SMILES string of the molecule is CCC(O/N=C(\C)c1ccc(NC(=O)C2CC2)cc1)C(=O)Nc1cc(C)on1. The number of hydrogen-bond donors (Lipinski definition) is 2. The Morgan fingerprint density at radius 3 is 2.57 bits per heavy atom. The van der Waals surface area contributed by atoms with Crippen molar-refractivity contribution in [3.63, 3.8) is 0 Å². The molecule has 2 amide bonds. The zero-order valence-corrected chi connectivity index (χ0v) is 16.2.